The summed E-state index contributed by atoms with van der Waals surface area (Å²) in [5, 5.41) is 3.53. The van der Waals surface area contributed by atoms with Gasteiger partial charge in [0, 0.05) is 70.2 Å². The van der Waals surface area contributed by atoms with Gasteiger partial charge in [-0.2, -0.15) is 9.97 Å². The maximum atomic E-state index is 13.6. The lowest BCUT2D eigenvalue weighted by Crippen LogP contribution is -2.41. The number of nitrogens with zero attached hydrogens (tertiary/aromatic N) is 6. The molecular formula is C24H34F2N8S. The summed E-state index contributed by atoms with van der Waals surface area (Å²) < 4.78 is 27.3. The molecular weight excluding hydrogens is 470 g/mol. The van der Waals surface area contributed by atoms with E-state index in [1.165, 1.54) is 37.8 Å². The van der Waals surface area contributed by atoms with Crippen LogP contribution in [0.25, 0.3) is 0 Å². The first kappa shape index (κ1) is 25.3. The van der Waals surface area contributed by atoms with Crippen molar-refractivity contribution in [3.8, 4) is 0 Å². The Kier molecular flexibility index (Phi) is 8.50. The van der Waals surface area contributed by atoms with E-state index < -0.39 is 11.6 Å². The molecule has 3 heterocycles. The molecule has 8 nitrogen and oxygen atoms in total. The second kappa shape index (κ2) is 11.8. The highest BCUT2D eigenvalue weighted by molar-refractivity contribution is 7.80. The van der Waals surface area contributed by atoms with E-state index in [1.54, 1.807) is 4.90 Å². The number of nitrogens with one attached hydrogen (secondary N) is 1. The minimum absolute atomic E-state index is 0.0754. The molecule has 0 radical (unpaired) electrons. The molecule has 0 bridgehead atoms. The minimum Gasteiger partial charge on any atom is -0.376 e. The first-order chi connectivity index (χ1) is 16.9. The second-order valence-electron chi connectivity index (χ2n) is 9.15. The van der Waals surface area contributed by atoms with Gasteiger partial charge >= 0.3 is 0 Å². The Hall–Kier alpha value is -2.79. The minimum atomic E-state index is -0.662. The maximum Gasteiger partial charge on any atom is 0.229 e. The number of benzene rings is 1. The summed E-state index contributed by atoms with van der Waals surface area (Å²) >= 11 is 5.11. The average Bonchev–Trinajstić information content (AvgIpc) is 3.53. The molecule has 3 N–H and O–H groups in total. The molecule has 35 heavy (non-hydrogen) atoms. The SMILES string of the molecule is CN(CCNc1cc(N2CCCC2)nc(N2CCCC2)n1)CCN(C(N)=S)c1cc(F)cc(F)c1. The quantitative estimate of drug-likeness (QED) is 0.475. The summed E-state index contributed by atoms with van der Waals surface area (Å²) in [5.74, 6) is 1.30. The summed E-state index contributed by atoms with van der Waals surface area (Å²) in [5.41, 5.74) is 6.13. The van der Waals surface area contributed by atoms with Crippen LogP contribution in [0.1, 0.15) is 25.7 Å². The van der Waals surface area contributed by atoms with E-state index in [-0.39, 0.29) is 5.11 Å². The molecule has 0 saturated carbocycles. The van der Waals surface area contributed by atoms with Crippen LogP contribution >= 0.6 is 12.2 Å². The van der Waals surface area contributed by atoms with Crippen LogP contribution in [-0.2, 0) is 0 Å². The fourth-order valence-electron chi connectivity index (χ4n) is 4.50. The van der Waals surface area contributed by atoms with E-state index in [1.807, 2.05) is 13.1 Å². The zero-order chi connectivity index (χ0) is 24.8. The third-order valence-electron chi connectivity index (χ3n) is 6.45. The molecule has 0 spiro atoms. The van der Waals surface area contributed by atoms with Crippen LogP contribution in [0.2, 0.25) is 0 Å². The van der Waals surface area contributed by atoms with Crippen molar-refractivity contribution in [2.75, 3.05) is 79.4 Å². The van der Waals surface area contributed by atoms with Crippen LogP contribution in [-0.4, -0.2) is 79.4 Å². The molecule has 0 aliphatic carbocycles. The molecule has 4 rings (SSSR count). The number of aromatic nitrogens is 2. The third-order valence-corrected chi connectivity index (χ3v) is 6.67. The zero-order valence-electron chi connectivity index (χ0n) is 20.2. The molecule has 190 valence electrons. The Labute approximate surface area is 211 Å². The number of likely N-dealkylation sites (N-methyl/N-ethyl adjacent to an activating group) is 1. The van der Waals surface area contributed by atoms with E-state index in [4.69, 9.17) is 27.9 Å². The first-order valence-corrected chi connectivity index (χ1v) is 12.6. The molecule has 0 atom stereocenters. The van der Waals surface area contributed by atoms with E-state index in [2.05, 4.69) is 20.0 Å². The highest BCUT2D eigenvalue weighted by Crippen LogP contribution is 2.25. The lowest BCUT2D eigenvalue weighted by Gasteiger charge is -2.26. The number of hydrogen-bond acceptors (Lipinski definition) is 7. The lowest BCUT2D eigenvalue weighted by atomic mass is 10.2. The predicted octanol–water partition coefficient (Wildman–Crippen LogP) is 3.05. The van der Waals surface area contributed by atoms with Gasteiger partial charge in [0.15, 0.2) is 5.11 Å². The van der Waals surface area contributed by atoms with E-state index in [0.29, 0.717) is 25.3 Å². The number of thiocarbonyl (C=S) groups is 1. The van der Waals surface area contributed by atoms with Gasteiger partial charge in [0.1, 0.15) is 23.3 Å². The van der Waals surface area contributed by atoms with E-state index in [0.717, 1.165) is 56.4 Å². The maximum absolute atomic E-state index is 13.6. The Bertz CT molecular complexity index is 957. The molecule has 2 fully saturated rings. The van der Waals surface area contributed by atoms with Crippen LogP contribution in [0, 0.1) is 11.6 Å². The summed E-state index contributed by atoms with van der Waals surface area (Å²) in [6, 6.07) is 5.33. The predicted molar refractivity (Wildman–Crippen MR) is 141 cm³/mol. The Balaban J connectivity index is 1.33. The molecule has 0 amide bonds. The standard InChI is InChI=1S/C24H34F2N8S/c1-31(12-13-34(23(27)35)20-15-18(25)14-19(26)16-20)11-6-28-21-17-22(32-7-2-3-8-32)30-24(29-21)33-9-4-5-10-33/h14-17H,2-13H2,1H3,(H2,27,35)(H,28,29,30). The smallest absolute Gasteiger partial charge is 0.229 e. The normalized spacial score (nSPS) is 15.8. The van der Waals surface area contributed by atoms with Gasteiger partial charge in [-0.1, -0.05) is 0 Å². The van der Waals surface area contributed by atoms with Gasteiger partial charge in [0.25, 0.3) is 0 Å². The van der Waals surface area contributed by atoms with Gasteiger partial charge in [-0.3, -0.25) is 0 Å². The van der Waals surface area contributed by atoms with Gasteiger partial charge in [0.05, 0.1) is 0 Å². The zero-order valence-corrected chi connectivity index (χ0v) is 21.0. The highest BCUT2D eigenvalue weighted by atomic mass is 32.1. The van der Waals surface area contributed by atoms with Gasteiger partial charge in [-0.15, -0.1) is 0 Å². The topological polar surface area (TPSA) is 76.8 Å². The van der Waals surface area contributed by atoms with Crippen molar-refractivity contribution in [2.45, 2.75) is 25.7 Å². The monoisotopic (exact) mass is 504 g/mol. The van der Waals surface area contributed by atoms with Gasteiger partial charge in [-0.25, -0.2) is 8.78 Å². The van der Waals surface area contributed by atoms with Crippen LogP contribution in [0.15, 0.2) is 24.3 Å². The highest BCUT2D eigenvalue weighted by Gasteiger charge is 2.20. The van der Waals surface area contributed by atoms with Crippen molar-refractivity contribution in [1.82, 2.24) is 14.9 Å². The Morgan fingerprint density at radius 1 is 0.943 bits per heavy atom. The van der Waals surface area contributed by atoms with Crippen molar-refractivity contribution in [2.24, 2.45) is 5.73 Å². The molecule has 1 aromatic heterocycles. The van der Waals surface area contributed by atoms with Crippen LogP contribution < -0.4 is 25.8 Å². The second-order valence-corrected chi connectivity index (χ2v) is 9.57. The average molecular weight is 505 g/mol. The van der Waals surface area contributed by atoms with Gasteiger partial charge in [-0.05, 0) is 57.1 Å². The molecule has 2 aliphatic rings. The number of nitrogens with two attached hydrogens (primary N) is 1. The van der Waals surface area contributed by atoms with Crippen molar-refractivity contribution in [1.29, 1.82) is 0 Å². The molecule has 11 heteroatoms. The number of hydrogen-bond donors (Lipinski definition) is 2. The summed E-state index contributed by atoms with van der Waals surface area (Å²) in [6.07, 6.45) is 4.75. The van der Waals surface area contributed by atoms with Gasteiger partial charge in [0.2, 0.25) is 5.95 Å². The van der Waals surface area contributed by atoms with Crippen LogP contribution in [0.3, 0.4) is 0 Å². The Morgan fingerprint density at radius 2 is 1.57 bits per heavy atom. The van der Waals surface area contributed by atoms with Crippen molar-refractivity contribution in [3.05, 3.63) is 35.9 Å². The van der Waals surface area contributed by atoms with Crippen LogP contribution in [0.5, 0.6) is 0 Å². The number of anilines is 4. The number of rotatable bonds is 10. The van der Waals surface area contributed by atoms with E-state index in [9.17, 15) is 8.78 Å². The molecule has 2 saturated heterocycles. The Morgan fingerprint density at radius 3 is 2.20 bits per heavy atom. The first-order valence-electron chi connectivity index (χ1n) is 12.2. The molecule has 2 aromatic rings. The lowest BCUT2D eigenvalue weighted by molar-refractivity contribution is 0.357. The molecule has 2 aliphatic heterocycles. The molecule has 1 aromatic carbocycles. The summed E-state index contributed by atoms with van der Waals surface area (Å²) in [6.45, 7) is 6.53. The van der Waals surface area contributed by atoms with Crippen molar-refractivity contribution >= 4 is 40.6 Å². The number of halogens is 2. The summed E-state index contributed by atoms with van der Waals surface area (Å²) in [4.78, 5) is 17.9. The largest absolute Gasteiger partial charge is 0.376 e. The molecule has 0 unspecified atom stereocenters. The summed E-state index contributed by atoms with van der Waals surface area (Å²) in [7, 11) is 1.98. The van der Waals surface area contributed by atoms with Gasteiger partial charge < -0.3 is 30.7 Å². The fourth-order valence-corrected chi connectivity index (χ4v) is 4.70. The van der Waals surface area contributed by atoms with E-state index >= 15 is 0 Å². The van der Waals surface area contributed by atoms with Crippen molar-refractivity contribution in [3.63, 3.8) is 0 Å². The third kappa shape index (κ3) is 6.88. The fraction of sp³-hybridized carbons (Fsp3) is 0.542. The van der Waals surface area contributed by atoms with Crippen LogP contribution in [0.4, 0.5) is 32.1 Å². The van der Waals surface area contributed by atoms with Crippen molar-refractivity contribution < 1.29 is 8.78 Å².